The van der Waals surface area contributed by atoms with Crippen molar-refractivity contribution in [3.63, 3.8) is 0 Å². The first-order chi connectivity index (χ1) is 12.8. The molecular formula is C21H33N3O3. The highest BCUT2D eigenvalue weighted by Crippen LogP contribution is 2.13. The van der Waals surface area contributed by atoms with Crippen LogP contribution in [0, 0.1) is 5.92 Å². The van der Waals surface area contributed by atoms with Crippen LogP contribution in [-0.2, 0) is 20.8 Å². The van der Waals surface area contributed by atoms with E-state index in [9.17, 15) is 14.4 Å². The number of amides is 3. The summed E-state index contributed by atoms with van der Waals surface area (Å²) in [5.41, 5.74) is 0.958. The van der Waals surface area contributed by atoms with E-state index in [1.54, 1.807) is 14.1 Å². The predicted molar refractivity (Wildman–Crippen MR) is 107 cm³/mol. The van der Waals surface area contributed by atoms with E-state index in [-0.39, 0.29) is 23.6 Å². The molecule has 0 aromatic heterocycles. The van der Waals surface area contributed by atoms with Crippen molar-refractivity contribution >= 4 is 17.7 Å². The van der Waals surface area contributed by atoms with Crippen LogP contribution in [-0.4, -0.2) is 48.8 Å². The molecule has 0 aliphatic rings. The standard InChI is InChI=1S/C21H33N3O3/c1-6-7-13-18(25)24(5)19(15(2)3)21(27)23-17(20(26)22-4)14-16-11-9-8-10-12-16/h8-12,15,17,19H,6-7,13-14H2,1-5H3,(H,22,26)(H,23,27). The second kappa shape index (κ2) is 11.4. The number of unbranched alkanes of at least 4 members (excludes halogenated alkanes) is 1. The fourth-order valence-electron chi connectivity index (χ4n) is 3.08. The van der Waals surface area contributed by atoms with Crippen LogP contribution < -0.4 is 10.6 Å². The largest absolute Gasteiger partial charge is 0.357 e. The lowest BCUT2D eigenvalue weighted by molar-refractivity contribution is -0.141. The maximum atomic E-state index is 12.9. The van der Waals surface area contributed by atoms with Gasteiger partial charge in [-0.1, -0.05) is 57.5 Å². The Hall–Kier alpha value is -2.37. The number of nitrogens with one attached hydrogen (secondary N) is 2. The SMILES string of the molecule is CCCCC(=O)N(C)C(C(=O)NC(Cc1ccccc1)C(=O)NC)C(C)C. The summed E-state index contributed by atoms with van der Waals surface area (Å²) in [4.78, 5) is 39.1. The highest BCUT2D eigenvalue weighted by molar-refractivity contribution is 5.92. The predicted octanol–water partition coefficient (Wildman–Crippen LogP) is 2.13. The molecule has 0 heterocycles. The second-order valence-corrected chi connectivity index (χ2v) is 7.16. The fraction of sp³-hybridized carbons (Fsp3) is 0.571. The van der Waals surface area contributed by atoms with E-state index in [0.717, 1.165) is 18.4 Å². The van der Waals surface area contributed by atoms with Gasteiger partial charge in [0.1, 0.15) is 12.1 Å². The summed E-state index contributed by atoms with van der Waals surface area (Å²) in [6.07, 6.45) is 2.54. The Morgan fingerprint density at radius 1 is 1.07 bits per heavy atom. The van der Waals surface area contributed by atoms with Gasteiger partial charge in [-0.15, -0.1) is 0 Å². The minimum Gasteiger partial charge on any atom is -0.357 e. The normalized spacial score (nSPS) is 13.0. The summed E-state index contributed by atoms with van der Waals surface area (Å²) in [5, 5.41) is 5.45. The molecule has 0 spiro atoms. The van der Waals surface area contributed by atoms with Crippen LogP contribution in [0.15, 0.2) is 30.3 Å². The number of carbonyl (C=O) groups is 3. The van der Waals surface area contributed by atoms with Gasteiger partial charge >= 0.3 is 0 Å². The smallest absolute Gasteiger partial charge is 0.243 e. The fourth-order valence-corrected chi connectivity index (χ4v) is 3.08. The van der Waals surface area contributed by atoms with E-state index in [1.807, 2.05) is 51.1 Å². The second-order valence-electron chi connectivity index (χ2n) is 7.16. The number of hydrogen-bond donors (Lipinski definition) is 2. The lowest BCUT2D eigenvalue weighted by Gasteiger charge is -2.31. The molecule has 3 amide bonds. The van der Waals surface area contributed by atoms with E-state index in [4.69, 9.17) is 0 Å². The van der Waals surface area contributed by atoms with Gasteiger partial charge in [-0.3, -0.25) is 14.4 Å². The van der Waals surface area contributed by atoms with Crippen molar-refractivity contribution in [2.75, 3.05) is 14.1 Å². The Morgan fingerprint density at radius 3 is 2.22 bits per heavy atom. The molecule has 0 saturated carbocycles. The lowest BCUT2D eigenvalue weighted by Crippen LogP contribution is -2.56. The van der Waals surface area contributed by atoms with Crippen molar-refractivity contribution in [1.29, 1.82) is 0 Å². The van der Waals surface area contributed by atoms with E-state index in [2.05, 4.69) is 10.6 Å². The van der Waals surface area contributed by atoms with Crippen LogP contribution in [0.1, 0.15) is 45.6 Å². The monoisotopic (exact) mass is 375 g/mol. The molecular weight excluding hydrogens is 342 g/mol. The van der Waals surface area contributed by atoms with Gasteiger partial charge in [0.25, 0.3) is 0 Å². The summed E-state index contributed by atoms with van der Waals surface area (Å²) < 4.78 is 0. The molecule has 1 aromatic carbocycles. The maximum absolute atomic E-state index is 12.9. The molecule has 0 fully saturated rings. The van der Waals surface area contributed by atoms with Crippen molar-refractivity contribution in [3.05, 3.63) is 35.9 Å². The highest BCUT2D eigenvalue weighted by Gasteiger charge is 2.32. The van der Waals surface area contributed by atoms with Crippen LogP contribution in [0.2, 0.25) is 0 Å². The zero-order valence-corrected chi connectivity index (χ0v) is 17.1. The van der Waals surface area contributed by atoms with Gasteiger partial charge in [-0.25, -0.2) is 0 Å². The van der Waals surface area contributed by atoms with Crippen LogP contribution >= 0.6 is 0 Å². The first-order valence-electron chi connectivity index (χ1n) is 9.63. The molecule has 0 saturated heterocycles. The molecule has 6 nitrogen and oxygen atoms in total. The third-order valence-corrected chi connectivity index (χ3v) is 4.62. The molecule has 2 atom stereocenters. The minimum absolute atomic E-state index is 0.0507. The molecule has 0 aliphatic carbocycles. The molecule has 2 N–H and O–H groups in total. The minimum atomic E-state index is -0.690. The van der Waals surface area contributed by atoms with Crippen LogP contribution in [0.25, 0.3) is 0 Å². The zero-order valence-electron chi connectivity index (χ0n) is 17.1. The summed E-state index contributed by atoms with van der Waals surface area (Å²) in [6, 6.07) is 8.24. The molecule has 2 unspecified atom stereocenters. The molecule has 1 rings (SSSR count). The van der Waals surface area contributed by atoms with E-state index >= 15 is 0 Å². The van der Waals surface area contributed by atoms with Crippen molar-refractivity contribution < 1.29 is 14.4 Å². The lowest BCUT2D eigenvalue weighted by atomic mass is 9.99. The van der Waals surface area contributed by atoms with Gasteiger partial charge in [-0.2, -0.15) is 0 Å². The summed E-state index contributed by atoms with van der Waals surface area (Å²) in [7, 11) is 3.21. The molecule has 1 aromatic rings. The van der Waals surface area contributed by atoms with E-state index in [1.165, 1.54) is 4.90 Å². The average Bonchev–Trinajstić information content (AvgIpc) is 2.65. The van der Waals surface area contributed by atoms with Gasteiger partial charge in [0.15, 0.2) is 0 Å². The first-order valence-corrected chi connectivity index (χ1v) is 9.63. The topological polar surface area (TPSA) is 78.5 Å². The number of benzene rings is 1. The number of likely N-dealkylation sites (N-methyl/N-ethyl adjacent to an activating group) is 2. The third kappa shape index (κ3) is 7.04. The quantitative estimate of drug-likeness (QED) is 0.658. The molecule has 0 bridgehead atoms. The van der Waals surface area contributed by atoms with E-state index < -0.39 is 12.1 Å². The zero-order chi connectivity index (χ0) is 20.4. The van der Waals surface area contributed by atoms with Crippen LogP contribution in [0.3, 0.4) is 0 Å². The number of carbonyl (C=O) groups excluding carboxylic acids is 3. The Balaban J connectivity index is 2.91. The third-order valence-electron chi connectivity index (χ3n) is 4.62. The number of rotatable bonds is 10. The van der Waals surface area contributed by atoms with Crippen molar-refractivity contribution in [2.45, 2.75) is 58.5 Å². The van der Waals surface area contributed by atoms with Crippen LogP contribution in [0.5, 0.6) is 0 Å². The molecule has 27 heavy (non-hydrogen) atoms. The molecule has 0 radical (unpaired) electrons. The van der Waals surface area contributed by atoms with Crippen molar-refractivity contribution in [1.82, 2.24) is 15.5 Å². The summed E-state index contributed by atoms with van der Waals surface area (Å²) >= 11 is 0. The van der Waals surface area contributed by atoms with Gasteiger partial charge in [-0.05, 0) is 17.9 Å². The Bertz CT molecular complexity index is 616. The number of hydrogen-bond acceptors (Lipinski definition) is 3. The molecule has 6 heteroatoms. The van der Waals surface area contributed by atoms with Crippen molar-refractivity contribution in [3.8, 4) is 0 Å². The molecule has 150 valence electrons. The Kier molecular flexibility index (Phi) is 9.54. The Morgan fingerprint density at radius 2 is 1.70 bits per heavy atom. The Labute approximate surface area is 162 Å². The first kappa shape index (κ1) is 22.7. The van der Waals surface area contributed by atoms with Crippen molar-refractivity contribution in [2.24, 2.45) is 5.92 Å². The van der Waals surface area contributed by atoms with Crippen LogP contribution in [0.4, 0.5) is 0 Å². The highest BCUT2D eigenvalue weighted by atomic mass is 16.2. The van der Waals surface area contributed by atoms with Gasteiger partial charge in [0, 0.05) is 26.9 Å². The van der Waals surface area contributed by atoms with Gasteiger partial charge < -0.3 is 15.5 Å². The molecule has 0 aliphatic heterocycles. The van der Waals surface area contributed by atoms with Gasteiger partial charge in [0.2, 0.25) is 17.7 Å². The number of nitrogens with zero attached hydrogens (tertiary/aromatic N) is 1. The summed E-state index contributed by atoms with van der Waals surface area (Å²) in [5.74, 6) is -0.676. The maximum Gasteiger partial charge on any atom is 0.243 e. The average molecular weight is 376 g/mol. The van der Waals surface area contributed by atoms with E-state index in [0.29, 0.717) is 12.8 Å². The van der Waals surface area contributed by atoms with Gasteiger partial charge in [0.05, 0.1) is 0 Å². The summed E-state index contributed by atoms with van der Waals surface area (Å²) in [6.45, 7) is 5.83.